The second-order valence-electron chi connectivity index (χ2n) is 8.63. The number of amides is 2. The molecule has 2 N–H and O–H groups in total. The van der Waals surface area contributed by atoms with Crippen molar-refractivity contribution in [2.24, 2.45) is 23.2 Å². The van der Waals surface area contributed by atoms with Crippen molar-refractivity contribution in [2.45, 2.75) is 64.7 Å². The quantitative estimate of drug-likeness (QED) is 0.485. The van der Waals surface area contributed by atoms with Crippen LogP contribution in [-0.2, 0) is 19.1 Å². The van der Waals surface area contributed by atoms with E-state index in [0.29, 0.717) is 32.4 Å². The molecule has 0 aliphatic heterocycles. The fourth-order valence-corrected chi connectivity index (χ4v) is 5.84. The van der Waals surface area contributed by atoms with Crippen molar-refractivity contribution < 1.29 is 19.1 Å². The minimum atomic E-state index is -0.245. The van der Waals surface area contributed by atoms with E-state index in [0.717, 1.165) is 17.8 Å². The molecule has 26 heavy (non-hydrogen) atoms. The minimum Gasteiger partial charge on any atom is -0.466 e. The molecule has 0 aromatic rings. The molecule has 146 valence electrons. The molecular formula is C20H32N2O4. The monoisotopic (exact) mass is 364 g/mol. The van der Waals surface area contributed by atoms with Gasteiger partial charge in [-0.1, -0.05) is 0 Å². The average molecular weight is 364 g/mol. The lowest BCUT2D eigenvalue weighted by Crippen LogP contribution is -2.48. The van der Waals surface area contributed by atoms with Crippen LogP contribution in [0.5, 0.6) is 0 Å². The van der Waals surface area contributed by atoms with Crippen LogP contribution in [0.2, 0.25) is 0 Å². The third-order valence-corrected chi connectivity index (χ3v) is 6.33. The maximum Gasteiger partial charge on any atom is 0.305 e. The number of rotatable bonds is 9. The Kier molecular flexibility index (Phi) is 6.20. The lowest BCUT2D eigenvalue weighted by atomic mass is 9.49. The highest BCUT2D eigenvalue weighted by Gasteiger charge is 2.51. The Morgan fingerprint density at radius 1 is 0.962 bits per heavy atom. The first-order chi connectivity index (χ1) is 12.5. The summed E-state index contributed by atoms with van der Waals surface area (Å²) in [7, 11) is 0. The van der Waals surface area contributed by atoms with Gasteiger partial charge in [0.1, 0.15) is 0 Å². The van der Waals surface area contributed by atoms with Gasteiger partial charge >= 0.3 is 5.97 Å². The van der Waals surface area contributed by atoms with Crippen LogP contribution in [0.25, 0.3) is 0 Å². The van der Waals surface area contributed by atoms with Crippen LogP contribution in [-0.4, -0.2) is 37.5 Å². The van der Waals surface area contributed by atoms with Crippen molar-refractivity contribution in [2.75, 3.05) is 19.7 Å². The summed E-state index contributed by atoms with van der Waals surface area (Å²) >= 11 is 0. The number of carbonyl (C=O) groups is 3. The molecule has 4 fully saturated rings. The zero-order chi connectivity index (χ0) is 18.6. The van der Waals surface area contributed by atoms with E-state index < -0.39 is 0 Å². The molecule has 4 bridgehead atoms. The molecule has 0 radical (unpaired) electrons. The van der Waals surface area contributed by atoms with Gasteiger partial charge in [0.15, 0.2) is 0 Å². The fourth-order valence-electron chi connectivity index (χ4n) is 5.84. The van der Waals surface area contributed by atoms with Gasteiger partial charge in [-0.3, -0.25) is 14.4 Å². The second-order valence-corrected chi connectivity index (χ2v) is 8.63. The summed E-state index contributed by atoms with van der Waals surface area (Å²) in [5.74, 6) is 2.05. The zero-order valence-electron chi connectivity index (χ0n) is 15.9. The highest BCUT2D eigenvalue weighted by molar-refractivity contribution is 5.85. The number of hydrogen-bond donors (Lipinski definition) is 2. The van der Waals surface area contributed by atoms with Gasteiger partial charge in [0.25, 0.3) is 0 Å². The predicted octanol–water partition coefficient (Wildman–Crippen LogP) is 2.17. The largest absolute Gasteiger partial charge is 0.466 e. The molecule has 6 nitrogen and oxygen atoms in total. The van der Waals surface area contributed by atoms with E-state index in [4.69, 9.17) is 4.74 Å². The highest BCUT2D eigenvalue weighted by Crippen LogP contribution is 2.61. The fraction of sp³-hybridized carbons (Fsp3) is 0.850. The molecule has 4 aliphatic carbocycles. The van der Waals surface area contributed by atoms with E-state index in [1.165, 1.54) is 38.5 Å². The smallest absolute Gasteiger partial charge is 0.305 e. The summed E-state index contributed by atoms with van der Waals surface area (Å²) in [6, 6.07) is 0. The normalized spacial score (nSPS) is 31.5. The van der Waals surface area contributed by atoms with Crippen LogP contribution in [0.15, 0.2) is 0 Å². The maximum atomic E-state index is 12.4. The SMILES string of the molecule is CCOC(=O)CCCNC(=O)CNC(=O)CC12CC3CC(CC(C3)C1)C2. The molecule has 0 saturated heterocycles. The lowest BCUT2D eigenvalue weighted by molar-refractivity contribution is -0.143. The number of hydrogen-bond acceptors (Lipinski definition) is 4. The minimum absolute atomic E-state index is 0.00798. The molecular weight excluding hydrogens is 332 g/mol. The van der Waals surface area contributed by atoms with E-state index in [1.54, 1.807) is 6.92 Å². The Bertz CT molecular complexity index is 511. The third kappa shape index (κ3) is 4.98. The molecule has 6 heteroatoms. The van der Waals surface area contributed by atoms with Gasteiger partial charge in [-0.25, -0.2) is 0 Å². The van der Waals surface area contributed by atoms with Gasteiger partial charge in [-0.05, 0) is 75.0 Å². The molecule has 0 heterocycles. The topological polar surface area (TPSA) is 84.5 Å². The molecule has 0 atom stereocenters. The Morgan fingerprint density at radius 2 is 1.58 bits per heavy atom. The van der Waals surface area contributed by atoms with E-state index in [1.807, 2.05) is 0 Å². The number of nitrogens with one attached hydrogen (secondary N) is 2. The Labute approximate surface area is 155 Å². The van der Waals surface area contributed by atoms with Crippen LogP contribution >= 0.6 is 0 Å². The van der Waals surface area contributed by atoms with E-state index in [9.17, 15) is 14.4 Å². The van der Waals surface area contributed by atoms with Crippen LogP contribution < -0.4 is 10.6 Å². The summed E-state index contributed by atoms with van der Waals surface area (Å²) in [4.78, 5) is 35.4. The highest BCUT2D eigenvalue weighted by atomic mass is 16.5. The van der Waals surface area contributed by atoms with E-state index >= 15 is 0 Å². The Balaban J connectivity index is 1.32. The predicted molar refractivity (Wildman–Crippen MR) is 97.1 cm³/mol. The summed E-state index contributed by atoms with van der Waals surface area (Å²) in [5.41, 5.74) is 0.203. The first-order valence-corrected chi connectivity index (χ1v) is 10.2. The second kappa shape index (κ2) is 8.40. The van der Waals surface area contributed by atoms with Crippen molar-refractivity contribution in [3.63, 3.8) is 0 Å². The summed E-state index contributed by atoms with van der Waals surface area (Å²) in [6.07, 6.45) is 9.13. The number of ether oxygens (including phenoxy) is 1. The molecule has 0 aromatic carbocycles. The van der Waals surface area contributed by atoms with Crippen molar-refractivity contribution in [1.82, 2.24) is 10.6 Å². The molecule has 4 rings (SSSR count). The number of carbonyl (C=O) groups excluding carboxylic acids is 3. The Hall–Kier alpha value is -1.59. The van der Waals surface area contributed by atoms with E-state index in [2.05, 4.69) is 10.6 Å². The average Bonchev–Trinajstić information content (AvgIpc) is 2.55. The van der Waals surface area contributed by atoms with Crippen molar-refractivity contribution in [3.8, 4) is 0 Å². The van der Waals surface area contributed by atoms with Crippen LogP contribution in [0, 0.1) is 23.2 Å². The van der Waals surface area contributed by atoms with Crippen LogP contribution in [0.3, 0.4) is 0 Å². The summed E-state index contributed by atoms with van der Waals surface area (Å²) in [5, 5.41) is 5.52. The van der Waals surface area contributed by atoms with Gasteiger partial charge in [0.05, 0.1) is 13.2 Å². The summed E-state index contributed by atoms with van der Waals surface area (Å²) < 4.78 is 4.83. The van der Waals surface area contributed by atoms with Crippen molar-refractivity contribution in [3.05, 3.63) is 0 Å². The van der Waals surface area contributed by atoms with Gasteiger partial charge < -0.3 is 15.4 Å². The molecule has 0 aromatic heterocycles. The van der Waals surface area contributed by atoms with Gasteiger partial charge in [-0.2, -0.15) is 0 Å². The van der Waals surface area contributed by atoms with Gasteiger partial charge in [0, 0.05) is 19.4 Å². The van der Waals surface area contributed by atoms with E-state index in [-0.39, 0.29) is 29.7 Å². The number of esters is 1. The standard InChI is InChI=1S/C20H32N2O4/c1-2-26-19(25)4-3-5-21-18(24)13-22-17(23)12-20-9-14-6-15(10-20)8-16(7-14)11-20/h14-16H,2-13H2,1H3,(H,21,24)(H,22,23). The van der Waals surface area contributed by atoms with Crippen molar-refractivity contribution in [1.29, 1.82) is 0 Å². The maximum absolute atomic E-state index is 12.4. The molecule has 0 spiro atoms. The first kappa shape index (κ1) is 19.2. The molecule has 2 amide bonds. The summed E-state index contributed by atoms with van der Waals surface area (Å²) in [6.45, 7) is 2.58. The van der Waals surface area contributed by atoms with Gasteiger partial charge in [-0.15, -0.1) is 0 Å². The molecule has 4 saturated carbocycles. The van der Waals surface area contributed by atoms with Crippen LogP contribution in [0.1, 0.15) is 64.7 Å². The Morgan fingerprint density at radius 3 is 2.15 bits per heavy atom. The lowest BCUT2D eigenvalue weighted by Gasteiger charge is -2.56. The van der Waals surface area contributed by atoms with Gasteiger partial charge in [0.2, 0.25) is 11.8 Å². The molecule has 0 unspecified atom stereocenters. The zero-order valence-corrected chi connectivity index (χ0v) is 15.9. The van der Waals surface area contributed by atoms with Crippen LogP contribution in [0.4, 0.5) is 0 Å². The third-order valence-electron chi connectivity index (χ3n) is 6.33. The molecule has 4 aliphatic rings. The van der Waals surface area contributed by atoms with Crippen molar-refractivity contribution >= 4 is 17.8 Å². The first-order valence-electron chi connectivity index (χ1n) is 10.2.